The second kappa shape index (κ2) is 12.1. The van der Waals surface area contributed by atoms with Gasteiger partial charge in [0.25, 0.3) is 0 Å². The molecule has 10 aromatic rings. The molecule has 4 aromatic heterocycles. The van der Waals surface area contributed by atoms with Crippen LogP contribution in [-0.4, -0.2) is 18.9 Å². The zero-order valence-electron chi connectivity index (χ0n) is 29.4. The van der Waals surface area contributed by atoms with Crippen molar-refractivity contribution in [2.45, 2.75) is 19.3 Å². The first-order chi connectivity index (χ1) is 26.0. The van der Waals surface area contributed by atoms with E-state index in [4.69, 9.17) is 14.7 Å². The Labute approximate surface area is 325 Å². The molecule has 5 heterocycles. The SMILES string of the molecule is CC1(C)c2ccc(Oc3[c-]c4c(cc3)c3cc5c6ccccc6n(-c6ccccc6)c5cc3n3ccnc43)[c-]c2N(c2ccccn2)c2ccccc21.[Pd+2]. The van der Waals surface area contributed by atoms with Crippen LogP contribution < -0.4 is 9.64 Å². The standard InChI is InChI=1S/C47H31N5O.Pd/c1-47(2)38-15-7-9-17-41(38)52(45-18-10-11-23-48-45)44-27-32(20-22-39(44)47)53-31-19-21-33-35-28-36-34-14-6-8-16-40(34)51(30-12-4-3-5-13-30)43(36)29-42(35)50-25-24-49-46(50)37(33)26-31;/h3-25,28-29H,1-2H3;/q-2;+2. The van der Waals surface area contributed by atoms with Crippen molar-refractivity contribution < 1.29 is 25.2 Å². The Bertz CT molecular complexity index is 3080. The van der Waals surface area contributed by atoms with Gasteiger partial charge in [0.05, 0.1) is 16.7 Å². The summed E-state index contributed by atoms with van der Waals surface area (Å²) < 4.78 is 11.1. The van der Waals surface area contributed by atoms with Crippen LogP contribution in [-0.2, 0) is 25.8 Å². The van der Waals surface area contributed by atoms with Gasteiger partial charge in [-0.05, 0) is 58.8 Å². The zero-order valence-corrected chi connectivity index (χ0v) is 30.9. The number of fused-ring (bicyclic) bond motifs is 11. The summed E-state index contributed by atoms with van der Waals surface area (Å²) in [6.07, 6.45) is 5.71. The summed E-state index contributed by atoms with van der Waals surface area (Å²) in [5, 5.41) is 5.50. The van der Waals surface area contributed by atoms with Crippen LogP contribution in [0.1, 0.15) is 25.0 Å². The van der Waals surface area contributed by atoms with Gasteiger partial charge < -0.3 is 18.6 Å². The maximum absolute atomic E-state index is 6.61. The molecular formula is C47H31N5OPd. The van der Waals surface area contributed by atoms with Crippen LogP contribution in [0.2, 0.25) is 0 Å². The van der Waals surface area contributed by atoms with Gasteiger partial charge >= 0.3 is 20.4 Å². The number of hydrogen-bond donors (Lipinski definition) is 0. The molecule has 1 aliphatic rings. The Morgan fingerprint density at radius 2 is 1.35 bits per heavy atom. The molecular weight excluding hydrogens is 757 g/mol. The Hall–Kier alpha value is -6.26. The summed E-state index contributed by atoms with van der Waals surface area (Å²) in [7, 11) is 0. The van der Waals surface area contributed by atoms with Gasteiger partial charge in [0.15, 0.2) is 0 Å². The van der Waals surface area contributed by atoms with Crippen LogP contribution in [0.5, 0.6) is 11.5 Å². The summed E-state index contributed by atoms with van der Waals surface area (Å²) in [4.78, 5) is 11.8. The molecule has 0 bridgehead atoms. The van der Waals surface area contributed by atoms with E-state index in [9.17, 15) is 0 Å². The van der Waals surface area contributed by atoms with Crippen LogP contribution in [0.25, 0.3) is 54.8 Å². The first-order valence-corrected chi connectivity index (χ1v) is 17.8. The number of para-hydroxylation sites is 3. The second-order valence-corrected chi connectivity index (χ2v) is 14.2. The van der Waals surface area contributed by atoms with E-state index in [-0.39, 0.29) is 25.8 Å². The van der Waals surface area contributed by atoms with Crippen LogP contribution in [0.4, 0.5) is 17.2 Å². The van der Waals surface area contributed by atoms with Gasteiger partial charge in [-0.1, -0.05) is 103 Å². The topological polar surface area (TPSA) is 47.6 Å². The van der Waals surface area contributed by atoms with Gasteiger partial charge in [-0.15, -0.1) is 29.8 Å². The van der Waals surface area contributed by atoms with Crippen molar-refractivity contribution >= 4 is 66.3 Å². The minimum absolute atomic E-state index is 0. The number of pyridine rings is 2. The van der Waals surface area contributed by atoms with Gasteiger partial charge in [-0.25, -0.2) is 4.98 Å². The molecule has 7 heteroatoms. The Kier molecular flexibility index (Phi) is 7.29. The predicted octanol–water partition coefficient (Wildman–Crippen LogP) is 11.6. The molecule has 0 spiro atoms. The second-order valence-electron chi connectivity index (χ2n) is 14.2. The molecule has 0 N–H and O–H groups in total. The van der Waals surface area contributed by atoms with E-state index in [2.05, 4.69) is 143 Å². The summed E-state index contributed by atoms with van der Waals surface area (Å²) in [5.74, 6) is 2.03. The molecule has 0 fully saturated rings. The molecule has 6 nitrogen and oxygen atoms in total. The quantitative estimate of drug-likeness (QED) is 0.101. The molecule has 0 amide bonds. The molecule has 0 unspecified atom stereocenters. The van der Waals surface area contributed by atoms with Crippen LogP contribution in [0, 0.1) is 12.1 Å². The molecule has 11 rings (SSSR count). The third-order valence-electron chi connectivity index (χ3n) is 10.8. The van der Waals surface area contributed by atoms with E-state index in [0.29, 0.717) is 11.5 Å². The van der Waals surface area contributed by atoms with Crippen molar-refractivity contribution in [3.05, 3.63) is 175 Å². The normalized spacial score (nSPS) is 13.3. The average Bonchev–Trinajstić information content (AvgIpc) is 3.82. The zero-order chi connectivity index (χ0) is 35.3. The number of aromatic nitrogens is 4. The fraction of sp³-hybridized carbons (Fsp3) is 0.0638. The maximum atomic E-state index is 6.61. The Balaban J connectivity index is 0.00000361. The number of imidazole rings is 1. The van der Waals surface area contributed by atoms with Gasteiger partial charge in [-0.2, -0.15) is 6.07 Å². The van der Waals surface area contributed by atoms with Crippen LogP contribution >= 0.6 is 0 Å². The van der Waals surface area contributed by atoms with Gasteiger partial charge in [0, 0.05) is 57.8 Å². The summed E-state index contributed by atoms with van der Waals surface area (Å²) in [6.45, 7) is 4.53. The van der Waals surface area contributed by atoms with Gasteiger partial charge in [0.2, 0.25) is 0 Å². The largest absolute Gasteiger partial charge is 2.00 e. The van der Waals surface area contributed by atoms with Crippen molar-refractivity contribution in [2.24, 2.45) is 0 Å². The van der Waals surface area contributed by atoms with E-state index in [1.807, 2.05) is 48.9 Å². The first kappa shape index (κ1) is 32.4. The van der Waals surface area contributed by atoms with Gasteiger partial charge in [0.1, 0.15) is 5.82 Å². The van der Waals surface area contributed by atoms with Crippen molar-refractivity contribution in [3.8, 4) is 17.2 Å². The number of rotatable bonds is 4. The third-order valence-corrected chi connectivity index (χ3v) is 10.8. The number of anilines is 3. The summed E-state index contributed by atoms with van der Waals surface area (Å²) in [6, 6.07) is 53.9. The molecule has 0 atom stereocenters. The fourth-order valence-corrected chi connectivity index (χ4v) is 8.40. The maximum Gasteiger partial charge on any atom is 2.00 e. The average molecular weight is 788 g/mol. The van der Waals surface area contributed by atoms with Crippen molar-refractivity contribution in [3.63, 3.8) is 0 Å². The molecule has 1 aliphatic heterocycles. The van der Waals surface area contributed by atoms with Crippen molar-refractivity contribution in [1.29, 1.82) is 0 Å². The molecule has 0 saturated carbocycles. The van der Waals surface area contributed by atoms with Gasteiger partial charge in [-0.3, -0.25) is 4.98 Å². The number of hydrogen-bond acceptors (Lipinski definition) is 4. The number of ether oxygens (including phenoxy) is 1. The minimum Gasteiger partial charge on any atom is -0.503 e. The minimum atomic E-state index is -0.243. The molecule has 0 saturated heterocycles. The van der Waals surface area contributed by atoms with Crippen LogP contribution in [0.15, 0.2) is 152 Å². The molecule has 54 heavy (non-hydrogen) atoms. The molecule has 260 valence electrons. The molecule has 0 radical (unpaired) electrons. The van der Waals surface area contributed by atoms with E-state index < -0.39 is 0 Å². The molecule has 6 aromatic carbocycles. The summed E-state index contributed by atoms with van der Waals surface area (Å²) >= 11 is 0. The molecule has 0 aliphatic carbocycles. The number of benzene rings is 6. The van der Waals surface area contributed by atoms with E-state index in [1.165, 1.54) is 21.9 Å². The smallest absolute Gasteiger partial charge is 0.503 e. The van der Waals surface area contributed by atoms with Crippen molar-refractivity contribution in [1.82, 2.24) is 18.9 Å². The first-order valence-electron chi connectivity index (χ1n) is 17.8. The van der Waals surface area contributed by atoms with E-state index in [0.717, 1.165) is 61.3 Å². The number of nitrogens with zero attached hydrogens (tertiary/aromatic N) is 5. The van der Waals surface area contributed by atoms with Crippen molar-refractivity contribution in [2.75, 3.05) is 4.90 Å². The third kappa shape index (κ3) is 4.69. The fourth-order valence-electron chi connectivity index (χ4n) is 8.40. The van der Waals surface area contributed by atoms with Crippen LogP contribution in [0.3, 0.4) is 0 Å². The predicted molar refractivity (Wildman–Crippen MR) is 213 cm³/mol. The van der Waals surface area contributed by atoms with E-state index in [1.54, 1.807) is 0 Å². The monoisotopic (exact) mass is 787 g/mol. The summed E-state index contributed by atoms with van der Waals surface area (Å²) in [5.41, 5.74) is 9.52. The Morgan fingerprint density at radius 1 is 0.593 bits per heavy atom. The Morgan fingerprint density at radius 3 is 2.22 bits per heavy atom. The van der Waals surface area contributed by atoms with E-state index >= 15 is 0 Å².